The molecule has 0 aromatic carbocycles. The van der Waals surface area contributed by atoms with Crippen LogP contribution in [0, 0.1) is 12.3 Å². The molecular formula is C9H14N4O2S2. The minimum atomic E-state index is -2.97. The van der Waals surface area contributed by atoms with Crippen molar-refractivity contribution in [3.8, 4) is 0 Å². The van der Waals surface area contributed by atoms with Gasteiger partial charge in [0.2, 0.25) is 0 Å². The van der Waals surface area contributed by atoms with Gasteiger partial charge in [-0.05, 0) is 13.0 Å². The van der Waals surface area contributed by atoms with E-state index in [9.17, 15) is 8.42 Å². The van der Waals surface area contributed by atoms with Crippen molar-refractivity contribution in [3.63, 3.8) is 0 Å². The summed E-state index contributed by atoms with van der Waals surface area (Å²) in [7, 11) is -2.97. The molecule has 0 aliphatic carbocycles. The van der Waals surface area contributed by atoms with Crippen molar-refractivity contribution in [1.82, 2.24) is 9.97 Å². The number of aryl methyl sites for hydroxylation is 1. The maximum Gasteiger partial charge on any atom is 0.188 e. The largest absolute Gasteiger partial charge is 0.382 e. The Morgan fingerprint density at radius 3 is 2.71 bits per heavy atom. The topological polar surface area (TPSA) is 110 Å². The van der Waals surface area contributed by atoms with Crippen LogP contribution in [0.1, 0.15) is 11.4 Å². The standard InChI is InChI=1S/C9H14N4O2S2/c1-6-5-7(8(10)11)13-9(12-6)16-3-4-17(2,14)15/h5H,3-4H2,1-2H3,(H3,10,11). The molecular weight excluding hydrogens is 260 g/mol. The smallest absolute Gasteiger partial charge is 0.188 e. The fourth-order valence-electron chi connectivity index (χ4n) is 1.03. The molecule has 94 valence electrons. The minimum absolute atomic E-state index is 0.0738. The van der Waals surface area contributed by atoms with Crippen molar-refractivity contribution >= 4 is 27.4 Å². The zero-order chi connectivity index (χ0) is 13.1. The number of thioether (sulfide) groups is 1. The lowest BCUT2D eigenvalue weighted by Gasteiger charge is -2.04. The Balaban J connectivity index is 2.75. The number of aromatic nitrogens is 2. The molecule has 17 heavy (non-hydrogen) atoms. The first kappa shape index (κ1) is 13.9. The molecule has 0 aliphatic rings. The lowest BCUT2D eigenvalue weighted by molar-refractivity contribution is 0.603. The molecule has 6 nitrogen and oxygen atoms in total. The Labute approximate surface area is 104 Å². The van der Waals surface area contributed by atoms with Crippen molar-refractivity contribution in [2.45, 2.75) is 12.1 Å². The van der Waals surface area contributed by atoms with Gasteiger partial charge in [-0.2, -0.15) is 0 Å². The third-order valence-electron chi connectivity index (χ3n) is 1.79. The number of hydrogen-bond donors (Lipinski definition) is 2. The van der Waals surface area contributed by atoms with Gasteiger partial charge in [0.1, 0.15) is 21.4 Å². The summed E-state index contributed by atoms with van der Waals surface area (Å²) in [6, 6.07) is 1.61. The van der Waals surface area contributed by atoms with Crippen molar-refractivity contribution in [1.29, 1.82) is 5.41 Å². The third kappa shape index (κ3) is 5.14. The van der Waals surface area contributed by atoms with Gasteiger partial charge < -0.3 is 5.73 Å². The van der Waals surface area contributed by atoms with Crippen LogP contribution in [0.5, 0.6) is 0 Å². The van der Waals surface area contributed by atoms with Crippen LogP contribution < -0.4 is 5.73 Å². The number of sulfone groups is 1. The number of nitrogens with one attached hydrogen (secondary N) is 1. The number of amidine groups is 1. The Morgan fingerprint density at radius 1 is 1.53 bits per heavy atom. The summed E-state index contributed by atoms with van der Waals surface area (Å²) >= 11 is 1.24. The lowest BCUT2D eigenvalue weighted by atomic mass is 10.3. The van der Waals surface area contributed by atoms with E-state index >= 15 is 0 Å². The lowest BCUT2D eigenvalue weighted by Crippen LogP contribution is -2.14. The second-order valence-corrected chi connectivity index (χ2v) is 6.89. The molecule has 0 atom stereocenters. The van der Waals surface area contributed by atoms with Gasteiger partial charge in [0.05, 0.1) is 5.75 Å². The van der Waals surface area contributed by atoms with Gasteiger partial charge in [-0.1, -0.05) is 11.8 Å². The highest BCUT2D eigenvalue weighted by molar-refractivity contribution is 8.00. The van der Waals surface area contributed by atoms with E-state index in [1.807, 2.05) is 0 Å². The highest BCUT2D eigenvalue weighted by Gasteiger charge is 2.07. The second kappa shape index (κ2) is 5.46. The van der Waals surface area contributed by atoms with Crippen LogP contribution in [-0.2, 0) is 9.84 Å². The summed E-state index contributed by atoms with van der Waals surface area (Å²) < 4.78 is 21.9. The van der Waals surface area contributed by atoms with E-state index in [2.05, 4.69) is 9.97 Å². The molecule has 8 heteroatoms. The molecule has 0 unspecified atom stereocenters. The first-order valence-corrected chi connectivity index (χ1v) is 7.83. The number of nitrogens with zero attached hydrogens (tertiary/aromatic N) is 2. The molecule has 0 bridgehead atoms. The van der Waals surface area contributed by atoms with Gasteiger partial charge in [-0.25, -0.2) is 18.4 Å². The van der Waals surface area contributed by atoms with Gasteiger partial charge in [0.25, 0.3) is 0 Å². The Hall–Kier alpha value is -1.15. The molecule has 0 saturated carbocycles. The minimum Gasteiger partial charge on any atom is -0.382 e. The highest BCUT2D eigenvalue weighted by Crippen LogP contribution is 2.14. The van der Waals surface area contributed by atoms with E-state index < -0.39 is 9.84 Å². The fraction of sp³-hybridized carbons (Fsp3) is 0.444. The molecule has 3 N–H and O–H groups in total. The van der Waals surface area contributed by atoms with Gasteiger partial charge in [0, 0.05) is 17.7 Å². The second-order valence-electron chi connectivity index (χ2n) is 3.57. The molecule has 1 heterocycles. The molecule has 0 saturated heterocycles. The Kier molecular flexibility index (Phi) is 4.47. The van der Waals surface area contributed by atoms with E-state index in [-0.39, 0.29) is 11.6 Å². The molecule has 1 aromatic heterocycles. The number of rotatable bonds is 5. The van der Waals surface area contributed by atoms with Crippen molar-refractivity contribution < 1.29 is 8.42 Å². The average molecular weight is 274 g/mol. The molecule has 0 radical (unpaired) electrons. The summed E-state index contributed by atoms with van der Waals surface area (Å²) in [6.45, 7) is 1.77. The zero-order valence-corrected chi connectivity index (χ0v) is 11.2. The highest BCUT2D eigenvalue weighted by atomic mass is 32.2. The van der Waals surface area contributed by atoms with Crippen LogP contribution in [0.15, 0.2) is 11.2 Å². The molecule has 1 aromatic rings. The summed E-state index contributed by atoms with van der Waals surface area (Å²) in [5.41, 5.74) is 6.40. The predicted molar refractivity (Wildman–Crippen MR) is 68.2 cm³/mol. The van der Waals surface area contributed by atoms with Crippen LogP contribution in [0.3, 0.4) is 0 Å². The quantitative estimate of drug-likeness (QED) is 0.344. The Morgan fingerprint density at radius 2 is 2.18 bits per heavy atom. The van der Waals surface area contributed by atoms with Crippen LogP contribution >= 0.6 is 11.8 Å². The number of nitrogens with two attached hydrogens (primary N) is 1. The van der Waals surface area contributed by atoms with Gasteiger partial charge in [-0.15, -0.1) is 0 Å². The van der Waals surface area contributed by atoms with Gasteiger partial charge >= 0.3 is 0 Å². The Bertz CT molecular complexity index is 528. The first-order chi connectivity index (χ1) is 7.78. The van der Waals surface area contributed by atoms with Gasteiger partial charge in [0.15, 0.2) is 5.16 Å². The fourth-order valence-corrected chi connectivity index (χ4v) is 3.13. The van der Waals surface area contributed by atoms with Crippen LogP contribution in [0.4, 0.5) is 0 Å². The van der Waals surface area contributed by atoms with E-state index in [1.54, 1.807) is 13.0 Å². The van der Waals surface area contributed by atoms with Gasteiger partial charge in [-0.3, -0.25) is 5.41 Å². The zero-order valence-electron chi connectivity index (χ0n) is 9.60. The summed E-state index contributed by atoms with van der Waals surface area (Å²) in [6.07, 6.45) is 1.19. The molecule has 1 rings (SSSR count). The van der Waals surface area contributed by atoms with Crippen LogP contribution in [0.25, 0.3) is 0 Å². The average Bonchev–Trinajstić information content (AvgIpc) is 2.14. The van der Waals surface area contributed by atoms with Crippen molar-refractivity contribution in [3.05, 3.63) is 17.5 Å². The van der Waals surface area contributed by atoms with E-state index in [0.717, 1.165) is 0 Å². The summed E-state index contributed by atoms with van der Waals surface area (Å²) in [5.74, 6) is 0.338. The monoisotopic (exact) mass is 274 g/mol. The molecule has 0 aliphatic heterocycles. The molecule has 0 fully saturated rings. The normalized spacial score (nSPS) is 11.4. The van der Waals surface area contributed by atoms with Crippen LogP contribution in [0.2, 0.25) is 0 Å². The van der Waals surface area contributed by atoms with Crippen molar-refractivity contribution in [2.24, 2.45) is 5.73 Å². The predicted octanol–water partition coefficient (Wildman–Crippen LogP) is 0.206. The van der Waals surface area contributed by atoms with E-state index in [1.165, 1.54) is 18.0 Å². The number of nitrogen functional groups attached to an aromatic ring is 1. The SMILES string of the molecule is Cc1cc(C(=N)N)nc(SCCS(C)(=O)=O)n1. The van der Waals surface area contributed by atoms with Crippen LogP contribution in [-0.4, -0.2) is 42.0 Å². The van der Waals surface area contributed by atoms with E-state index in [0.29, 0.717) is 22.3 Å². The van der Waals surface area contributed by atoms with Crippen molar-refractivity contribution in [2.75, 3.05) is 17.8 Å². The first-order valence-electron chi connectivity index (χ1n) is 4.78. The molecule has 0 spiro atoms. The number of hydrogen-bond acceptors (Lipinski definition) is 6. The molecule has 0 amide bonds. The maximum atomic E-state index is 11.0. The summed E-state index contributed by atoms with van der Waals surface area (Å²) in [5, 5.41) is 7.73. The maximum absolute atomic E-state index is 11.0. The third-order valence-corrected chi connectivity index (χ3v) is 3.85. The van der Waals surface area contributed by atoms with E-state index in [4.69, 9.17) is 11.1 Å². The summed E-state index contributed by atoms with van der Waals surface area (Å²) in [4.78, 5) is 8.20.